The van der Waals surface area contributed by atoms with Gasteiger partial charge in [-0.3, -0.25) is 0 Å². The van der Waals surface area contributed by atoms with E-state index in [0.29, 0.717) is 17.3 Å². The van der Waals surface area contributed by atoms with Gasteiger partial charge in [0.15, 0.2) is 11.4 Å². The molecule has 0 saturated heterocycles. The summed E-state index contributed by atoms with van der Waals surface area (Å²) < 4.78 is 6.55. The molecular formula is C17H23N3O2. The van der Waals surface area contributed by atoms with Gasteiger partial charge in [0.05, 0.1) is 5.69 Å². The van der Waals surface area contributed by atoms with Crippen LogP contribution >= 0.6 is 0 Å². The molecule has 2 aromatic heterocycles. The van der Waals surface area contributed by atoms with Crippen molar-refractivity contribution in [2.45, 2.75) is 52.9 Å². The number of aromatic nitrogens is 3. The Labute approximate surface area is 131 Å². The van der Waals surface area contributed by atoms with Crippen molar-refractivity contribution in [3.05, 3.63) is 46.8 Å². The lowest BCUT2D eigenvalue weighted by Crippen LogP contribution is -2.29. The second kappa shape index (κ2) is 5.91. The fourth-order valence-corrected chi connectivity index (χ4v) is 1.86. The van der Waals surface area contributed by atoms with E-state index >= 15 is 0 Å². The first kappa shape index (κ1) is 16.2. The van der Waals surface area contributed by atoms with Crippen molar-refractivity contribution in [1.82, 2.24) is 9.97 Å². The Hall–Kier alpha value is -2.17. The first-order chi connectivity index (χ1) is 10.2. The van der Waals surface area contributed by atoms with Gasteiger partial charge in [0, 0.05) is 30.4 Å². The van der Waals surface area contributed by atoms with E-state index in [-0.39, 0.29) is 11.3 Å². The minimum Gasteiger partial charge on any atom is -0.618 e. The highest BCUT2D eigenvalue weighted by atomic mass is 16.5. The van der Waals surface area contributed by atoms with E-state index < -0.39 is 0 Å². The maximum Gasteiger partial charge on any atom is 0.223 e. The predicted octanol–water partition coefficient (Wildman–Crippen LogP) is 3.63. The van der Waals surface area contributed by atoms with Crippen LogP contribution in [0.4, 0.5) is 0 Å². The molecule has 118 valence electrons. The van der Waals surface area contributed by atoms with E-state index in [4.69, 9.17) is 4.74 Å². The standard InChI is InChI=1S/C17H23N3O2/c1-11(2)16-18-14(17(4,5)6)9-15(19-16)22-13-8-7-12(3)20(21)10-13/h7-11H,1-6H3. The van der Waals surface area contributed by atoms with Crippen LogP contribution in [-0.2, 0) is 5.41 Å². The van der Waals surface area contributed by atoms with E-state index in [1.165, 1.54) is 6.20 Å². The molecule has 0 bridgehead atoms. The molecule has 0 spiro atoms. The lowest BCUT2D eigenvalue weighted by atomic mass is 9.92. The topological polar surface area (TPSA) is 62.0 Å². The van der Waals surface area contributed by atoms with Crippen LogP contribution in [0.5, 0.6) is 11.6 Å². The highest BCUT2D eigenvalue weighted by molar-refractivity contribution is 5.27. The number of nitrogens with zero attached hydrogens (tertiary/aromatic N) is 3. The largest absolute Gasteiger partial charge is 0.618 e. The second-order valence-corrected chi connectivity index (χ2v) is 6.79. The highest BCUT2D eigenvalue weighted by Gasteiger charge is 2.20. The Balaban J connectivity index is 2.41. The summed E-state index contributed by atoms with van der Waals surface area (Å²) in [5.41, 5.74) is 1.44. The number of aryl methyl sites for hydroxylation is 1. The number of rotatable bonds is 3. The fourth-order valence-electron chi connectivity index (χ4n) is 1.86. The molecule has 0 N–H and O–H groups in total. The molecule has 0 fully saturated rings. The Bertz CT molecular complexity index is 676. The van der Waals surface area contributed by atoms with Crippen molar-refractivity contribution in [2.24, 2.45) is 0 Å². The van der Waals surface area contributed by atoms with Crippen molar-refractivity contribution in [3.63, 3.8) is 0 Å². The molecule has 5 heteroatoms. The maximum atomic E-state index is 11.6. The van der Waals surface area contributed by atoms with Crippen LogP contribution in [0, 0.1) is 12.1 Å². The van der Waals surface area contributed by atoms with E-state index in [1.54, 1.807) is 19.1 Å². The van der Waals surface area contributed by atoms with Gasteiger partial charge in [-0.25, -0.2) is 4.98 Å². The van der Waals surface area contributed by atoms with Crippen LogP contribution < -0.4 is 9.47 Å². The summed E-state index contributed by atoms with van der Waals surface area (Å²) in [6, 6.07) is 5.32. The van der Waals surface area contributed by atoms with Crippen molar-refractivity contribution >= 4 is 0 Å². The average molecular weight is 301 g/mol. The smallest absolute Gasteiger partial charge is 0.223 e. The summed E-state index contributed by atoms with van der Waals surface area (Å²) in [5.74, 6) is 1.87. The quantitative estimate of drug-likeness (QED) is 0.641. The molecule has 0 unspecified atom stereocenters. The maximum absolute atomic E-state index is 11.6. The third kappa shape index (κ3) is 3.72. The van der Waals surface area contributed by atoms with Gasteiger partial charge < -0.3 is 9.94 Å². The highest BCUT2D eigenvalue weighted by Crippen LogP contribution is 2.27. The van der Waals surface area contributed by atoms with Gasteiger partial charge in [0.2, 0.25) is 12.1 Å². The second-order valence-electron chi connectivity index (χ2n) is 6.79. The van der Waals surface area contributed by atoms with Gasteiger partial charge >= 0.3 is 0 Å². The molecule has 0 aliphatic rings. The SMILES string of the molecule is Cc1ccc(Oc2cc(C(C)(C)C)nc(C(C)C)n2)c[n+]1[O-]. The van der Waals surface area contributed by atoms with Gasteiger partial charge in [-0.2, -0.15) is 9.71 Å². The molecule has 5 nitrogen and oxygen atoms in total. The van der Waals surface area contributed by atoms with E-state index in [0.717, 1.165) is 16.2 Å². The molecular weight excluding hydrogens is 278 g/mol. The summed E-state index contributed by atoms with van der Waals surface area (Å²) >= 11 is 0. The molecule has 2 rings (SSSR count). The molecule has 22 heavy (non-hydrogen) atoms. The molecule has 0 aliphatic carbocycles. The van der Waals surface area contributed by atoms with Gasteiger partial charge in [-0.1, -0.05) is 34.6 Å². The lowest BCUT2D eigenvalue weighted by Gasteiger charge is -2.20. The van der Waals surface area contributed by atoms with Crippen LogP contribution in [0.15, 0.2) is 24.4 Å². The molecule has 0 saturated carbocycles. The predicted molar refractivity (Wildman–Crippen MR) is 85.0 cm³/mol. The fraction of sp³-hybridized carbons (Fsp3) is 0.471. The molecule has 2 heterocycles. The number of pyridine rings is 1. The average Bonchev–Trinajstić information content (AvgIpc) is 2.41. The lowest BCUT2D eigenvalue weighted by molar-refractivity contribution is -0.612. The Morgan fingerprint density at radius 3 is 2.41 bits per heavy atom. The Kier molecular flexibility index (Phi) is 4.35. The van der Waals surface area contributed by atoms with Gasteiger partial charge in [0.25, 0.3) is 0 Å². The summed E-state index contributed by atoms with van der Waals surface area (Å²) in [5, 5.41) is 11.6. The first-order valence-electron chi connectivity index (χ1n) is 7.44. The van der Waals surface area contributed by atoms with Crippen molar-refractivity contribution < 1.29 is 9.47 Å². The third-order valence-electron chi connectivity index (χ3n) is 3.31. The minimum atomic E-state index is -0.101. The van der Waals surface area contributed by atoms with Crippen LogP contribution in [0.3, 0.4) is 0 Å². The van der Waals surface area contributed by atoms with Crippen LogP contribution in [0.1, 0.15) is 57.7 Å². The van der Waals surface area contributed by atoms with Crippen LogP contribution in [0.25, 0.3) is 0 Å². The minimum absolute atomic E-state index is 0.101. The molecule has 0 atom stereocenters. The van der Waals surface area contributed by atoms with Gasteiger partial charge in [-0.15, -0.1) is 0 Å². The third-order valence-corrected chi connectivity index (χ3v) is 3.31. The zero-order valence-electron chi connectivity index (χ0n) is 14.0. The summed E-state index contributed by atoms with van der Waals surface area (Å²) in [6.45, 7) is 12.1. The number of hydrogen-bond acceptors (Lipinski definition) is 4. The monoisotopic (exact) mass is 301 g/mol. The normalized spacial score (nSPS) is 11.8. The summed E-state index contributed by atoms with van der Waals surface area (Å²) in [7, 11) is 0. The van der Waals surface area contributed by atoms with Gasteiger partial charge in [0.1, 0.15) is 5.82 Å². The number of hydrogen-bond donors (Lipinski definition) is 0. The zero-order valence-corrected chi connectivity index (χ0v) is 14.0. The van der Waals surface area contributed by atoms with E-state index in [9.17, 15) is 5.21 Å². The molecule has 2 aromatic rings. The van der Waals surface area contributed by atoms with Crippen molar-refractivity contribution in [1.29, 1.82) is 0 Å². The van der Waals surface area contributed by atoms with Crippen LogP contribution in [-0.4, -0.2) is 9.97 Å². The van der Waals surface area contributed by atoms with Crippen molar-refractivity contribution in [3.8, 4) is 11.6 Å². The molecule has 0 aliphatic heterocycles. The van der Waals surface area contributed by atoms with Crippen LogP contribution in [0.2, 0.25) is 0 Å². The molecule has 0 radical (unpaired) electrons. The Morgan fingerprint density at radius 1 is 1.18 bits per heavy atom. The van der Waals surface area contributed by atoms with Crippen molar-refractivity contribution in [2.75, 3.05) is 0 Å². The molecule has 0 aromatic carbocycles. The number of ether oxygens (including phenoxy) is 1. The van der Waals surface area contributed by atoms with E-state index in [1.807, 2.05) is 19.9 Å². The Morgan fingerprint density at radius 2 is 1.86 bits per heavy atom. The summed E-state index contributed by atoms with van der Waals surface area (Å²) in [4.78, 5) is 9.07. The first-order valence-corrected chi connectivity index (χ1v) is 7.44. The summed E-state index contributed by atoms with van der Waals surface area (Å²) in [6.07, 6.45) is 1.41. The van der Waals surface area contributed by atoms with E-state index in [2.05, 4.69) is 30.7 Å². The van der Waals surface area contributed by atoms with Gasteiger partial charge in [-0.05, 0) is 6.07 Å². The molecule has 0 amide bonds. The zero-order chi connectivity index (χ0) is 16.5.